The highest BCUT2D eigenvalue weighted by molar-refractivity contribution is 5.89. The maximum atomic E-state index is 4.71. The largest absolute Gasteiger partial charge is 0.255 e. The van der Waals surface area contributed by atoms with Crippen LogP contribution in [0.1, 0.15) is 22.3 Å². The van der Waals surface area contributed by atoms with Crippen molar-refractivity contribution < 1.29 is 0 Å². The van der Waals surface area contributed by atoms with Crippen LogP contribution in [-0.4, -0.2) is 4.98 Å². The Labute approximate surface area is 120 Å². The zero-order chi connectivity index (χ0) is 14.3. The van der Waals surface area contributed by atoms with Gasteiger partial charge in [-0.2, -0.15) is 0 Å². The second-order valence-electron chi connectivity index (χ2n) is 5.57. The molecular weight excluding hydrogens is 242 g/mol. The predicted molar refractivity (Wildman–Crippen MR) is 86.1 cm³/mol. The van der Waals surface area contributed by atoms with Gasteiger partial charge < -0.3 is 0 Å². The fourth-order valence-electron chi connectivity index (χ4n) is 2.80. The Hall–Kier alpha value is -2.15. The van der Waals surface area contributed by atoms with E-state index in [0.29, 0.717) is 0 Å². The van der Waals surface area contributed by atoms with E-state index in [2.05, 4.69) is 64.1 Å². The van der Waals surface area contributed by atoms with Gasteiger partial charge in [0.15, 0.2) is 0 Å². The lowest BCUT2D eigenvalue weighted by Gasteiger charge is -2.13. The van der Waals surface area contributed by atoms with Crippen molar-refractivity contribution in [2.45, 2.75) is 27.7 Å². The third-order valence-corrected chi connectivity index (χ3v) is 4.15. The van der Waals surface area contributed by atoms with Gasteiger partial charge in [0, 0.05) is 17.1 Å². The van der Waals surface area contributed by atoms with E-state index < -0.39 is 0 Å². The summed E-state index contributed by atoms with van der Waals surface area (Å²) >= 11 is 0. The first-order valence-electron chi connectivity index (χ1n) is 7.00. The van der Waals surface area contributed by atoms with Gasteiger partial charge in [0.2, 0.25) is 0 Å². The van der Waals surface area contributed by atoms with Crippen molar-refractivity contribution in [1.29, 1.82) is 0 Å². The monoisotopic (exact) mass is 261 g/mol. The molecule has 0 aliphatic carbocycles. The van der Waals surface area contributed by atoms with Crippen LogP contribution in [0.4, 0.5) is 0 Å². The highest BCUT2D eigenvalue weighted by Gasteiger charge is 2.10. The lowest BCUT2D eigenvalue weighted by molar-refractivity contribution is 1.25. The molecule has 0 unspecified atom stereocenters. The number of fused-ring (bicyclic) bond motifs is 1. The minimum Gasteiger partial charge on any atom is -0.255 e. The molecule has 0 bridgehead atoms. The van der Waals surface area contributed by atoms with Crippen LogP contribution in [0.2, 0.25) is 0 Å². The molecule has 0 saturated carbocycles. The van der Waals surface area contributed by atoms with Gasteiger partial charge in [0.1, 0.15) is 0 Å². The molecule has 1 heterocycles. The second kappa shape index (κ2) is 4.75. The van der Waals surface area contributed by atoms with E-state index in [0.717, 1.165) is 5.69 Å². The Kier molecular flexibility index (Phi) is 3.06. The second-order valence-corrected chi connectivity index (χ2v) is 5.57. The number of hydrogen-bond donors (Lipinski definition) is 0. The van der Waals surface area contributed by atoms with Crippen molar-refractivity contribution in [3.63, 3.8) is 0 Å². The van der Waals surface area contributed by atoms with Crippen molar-refractivity contribution in [3.8, 4) is 11.3 Å². The molecule has 3 aromatic rings. The van der Waals surface area contributed by atoms with Gasteiger partial charge >= 0.3 is 0 Å². The summed E-state index contributed by atoms with van der Waals surface area (Å²) in [5.41, 5.74) is 7.55. The van der Waals surface area contributed by atoms with Crippen LogP contribution in [0, 0.1) is 27.7 Å². The molecule has 0 aliphatic heterocycles. The number of nitrogens with zero attached hydrogens (tertiary/aromatic N) is 1. The molecule has 0 atom stereocenters. The van der Waals surface area contributed by atoms with Gasteiger partial charge in [-0.15, -0.1) is 0 Å². The Bertz CT molecular complexity index is 800. The van der Waals surface area contributed by atoms with Gasteiger partial charge in [0.05, 0.1) is 5.69 Å². The molecular formula is C19H19N. The lowest BCUT2D eigenvalue weighted by Crippen LogP contribution is -1.94. The quantitative estimate of drug-likeness (QED) is 0.591. The van der Waals surface area contributed by atoms with E-state index in [-0.39, 0.29) is 0 Å². The summed E-state index contributed by atoms with van der Waals surface area (Å²) in [6.45, 7) is 8.65. The van der Waals surface area contributed by atoms with Crippen molar-refractivity contribution >= 4 is 10.8 Å². The first-order valence-corrected chi connectivity index (χ1v) is 7.00. The number of pyridine rings is 1. The smallest absolute Gasteiger partial charge is 0.0740 e. The topological polar surface area (TPSA) is 12.9 Å². The molecule has 0 saturated heterocycles. The van der Waals surface area contributed by atoms with Crippen LogP contribution >= 0.6 is 0 Å². The number of aromatic nitrogens is 1. The maximum Gasteiger partial charge on any atom is 0.0740 e. The third kappa shape index (κ3) is 2.00. The molecule has 1 aromatic heterocycles. The van der Waals surface area contributed by atoms with Crippen LogP contribution < -0.4 is 0 Å². The summed E-state index contributed by atoms with van der Waals surface area (Å²) < 4.78 is 0. The molecule has 3 rings (SSSR count). The van der Waals surface area contributed by atoms with E-state index in [1.165, 1.54) is 38.6 Å². The number of benzene rings is 2. The number of rotatable bonds is 1. The summed E-state index contributed by atoms with van der Waals surface area (Å²) in [6, 6.07) is 12.9. The number of hydrogen-bond acceptors (Lipinski definition) is 1. The van der Waals surface area contributed by atoms with Crippen molar-refractivity contribution in [2.24, 2.45) is 0 Å². The lowest BCUT2D eigenvalue weighted by atomic mass is 9.94. The molecule has 0 aliphatic rings. The van der Waals surface area contributed by atoms with Gasteiger partial charge in [-0.05, 0) is 61.4 Å². The molecule has 1 nitrogen and oxygen atoms in total. The van der Waals surface area contributed by atoms with Crippen molar-refractivity contribution in [2.75, 3.05) is 0 Å². The molecule has 0 fully saturated rings. The van der Waals surface area contributed by atoms with E-state index >= 15 is 0 Å². The zero-order valence-electron chi connectivity index (χ0n) is 12.5. The fraction of sp³-hybridized carbons (Fsp3) is 0.211. The SMILES string of the molecule is Cc1cc(C)c(-c2ncc3ccccc3c2C)cc1C. The van der Waals surface area contributed by atoms with E-state index in [9.17, 15) is 0 Å². The van der Waals surface area contributed by atoms with Crippen LogP contribution in [0.15, 0.2) is 42.6 Å². The summed E-state index contributed by atoms with van der Waals surface area (Å²) in [4.78, 5) is 4.71. The van der Waals surface area contributed by atoms with Crippen LogP contribution in [0.25, 0.3) is 22.0 Å². The summed E-state index contributed by atoms with van der Waals surface area (Å²) in [5.74, 6) is 0. The van der Waals surface area contributed by atoms with E-state index in [4.69, 9.17) is 4.98 Å². The summed E-state index contributed by atoms with van der Waals surface area (Å²) in [5, 5.41) is 2.49. The predicted octanol–water partition coefficient (Wildman–Crippen LogP) is 5.14. The normalized spacial score (nSPS) is 11.0. The Morgan fingerprint density at radius 3 is 2.30 bits per heavy atom. The Morgan fingerprint density at radius 2 is 1.50 bits per heavy atom. The minimum atomic E-state index is 1.10. The van der Waals surface area contributed by atoms with Gasteiger partial charge in [-0.1, -0.05) is 30.3 Å². The van der Waals surface area contributed by atoms with Crippen molar-refractivity contribution in [1.82, 2.24) is 4.98 Å². The molecule has 20 heavy (non-hydrogen) atoms. The fourth-order valence-corrected chi connectivity index (χ4v) is 2.80. The first kappa shape index (κ1) is 12.9. The molecule has 0 amide bonds. The van der Waals surface area contributed by atoms with E-state index in [1.807, 2.05) is 6.20 Å². The molecule has 0 N–H and O–H groups in total. The molecule has 1 heteroatoms. The standard InChI is InChI=1S/C19H19N/c1-12-9-14(3)18(10-13(12)2)19-15(4)17-8-6-5-7-16(17)11-20-19/h5-11H,1-4H3. The minimum absolute atomic E-state index is 1.10. The van der Waals surface area contributed by atoms with Crippen LogP contribution in [0.5, 0.6) is 0 Å². The van der Waals surface area contributed by atoms with E-state index in [1.54, 1.807) is 0 Å². The summed E-state index contributed by atoms with van der Waals surface area (Å²) in [7, 11) is 0. The van der Waals surface area contributed by atoms with Gasteiger partial charge in [0.25, 0.3) is 0 Å². The Morgan fingerprint density at radius 1 is 0.800 bits per heavy atom. The molecule has 0 radical (unpaired) electrons. The number of aryl methyl sites for hydroxylation is 4. The average Bonchev–Trinajstić information content (AvgIpc) is 2.44. The highest BCUT2D eigenvalue weighted by Crippen LogP contribution is 2.30. The zero-order valence-corrected chi connectivity index (χ0v) is 12.5. The van der Waals surface area contributed by atoms with Gasteiger partial charge in [-0.25, -0.2) is 0 Å². The molecule has 2 aromatic carbocycles. The molecule has 100 valence electrons. The summed E-state index contributed by atoms with van der Waals surface area (Å²) in [6.07, 6.45) is 1.98. The third-order valence-electron chi connectivity index (χ3n) is 4.15. The molecule has 0 spiro atoms. The maximum absolute atomic E-state index is 4.71. The highest BCUT2D eigenvalue weighted by atomic mass is 14.7. The van der Waals surface area contributed by atoms with Crippen LogP contribution in [0.3, 0.4) is 0 Å². The Balaban J connectivity index is 2.30. The van der Waals surface area contributed by atoms with Crippen LogP contribution in [-0.2, 0) is 0 Å². The van der Waals surface area contributed by atoms with Gasteiger partial charge in [-0.3, -0.25) is 4.98 Å². The first-order chi connectivity index (χ1) is 9.58. The average molecular weight is 261 g/mol. The van der Waals surface area contributed by atoms with Crippen molar-refractivity contribution in [3.05, 3.63) is 64.8 Å².